The van der Waals surface area contributed by atoms with E-state index in [-0.39, 0.29) is 29.9 Å². The van der Waals surface area contributed by atoms with Crippen LogP contribution in [0.25, 0.3) is 0 Å². The molecule has 0 saturated carbocycles. The maximum atomic E-state index is 12.3. The van der Waals surface area contributed by atoms with Crippen LogP contribution in [0.5, 0.6) is 0 Å². The van der Waals surface area contributed by atoms with Crippen molar-refractivity contribution < 1.29 is 9.59 Å². The van der Waals surface area contributed by atoms with Gasteiger partial charge in [0.1, 0.15) is 0 Å². The number of carbonyl (C=O) groups is 2. The second-order valence-corrected chi connectivity index (χ2v) is 7.35. The normalized spacial score (nSPS) is 25.1. The highest BCUT2D eigenvalue weighted by Crippen LogP contribution is 2.26. The summed E-state index contributed by atoms with van der Waals surface area (Å²) in [6.07, 6.45) is 3.93. The first-order valence-corrected chi connectivity index (χ1v) is 10.1. The zero-order chi connectivity index (χ0) is 19.2. The van der Waals surface area contributed by atoms with Gasteiger partial charge in [-0.2, -0.15) is 0 Å². The zero-order valence-electron chi connectivity index (χ0n) is 16.4. The van der Waals surface area contributed by atoms with Crippen LogP contribution in [0, 0.1) is 0 Å². The number of carbonyl (C=O) groups excluding carboxylic acids is 2. The highest BCUT2D eigenvalue weighted by atomic mass is 16.2. The molecule has 7 nitrogen and oxygen atoms in total. The average Bonchev–Trinajstić information content (AvgIpc) is 3.13. The van der Waals surface area contributed by atoms with Crippen molar-refractivity contribution in [1.82, 2.24) is 25.4 Å². The van der Waals surface area contributed by atoms with Crippen LogP contribution >= 0.6 is 0 Å². The SMILES string of the molecule is CCN(CC)C(=O)CC[C@H]1CNC(=O)[C@H]2C[C@H](NCc3ccccn3)CN12. The van der Waals surface area contributed by atoms with Crippen LogP contribution < -0.4 is 10.6 Å². The Balaban J connectivity index is 1.54. The Morgan fingerprint density at radius 3 is 2.89 bits per heavy atom. The summed E-state index contributed by atoms with van der Waals surface area (Å²) in [7, 11) is 0. The van der Waals surface area contributed by atoms with E-state index in [1.165, 1.54) is 0 Å². The molecule has 0 unspecified atom stereocenters. The van der Waals surface area contributed by atoms with Gasteiger partial charge in [-0.15, -0.1) is 0 Å². The molecule has 0 aromatic carbocycles. The van der Waals surface area contributed by atoms with E-state index in [1.807, 2.05) is 36.9 Å². The van der Waals surface area contributed by atoms with E-state index in [9.17, 15) is 9.59 Å². The average molecular weight is 374 g/mol. The lowest BCUT2D eigenvalue weighted by atomic mass is 10.0. The fourth-order valence-corrected chi connectivity index (χ4v) is 4.17. The van der Waals surface area contributed by atoms with E-state index in [0.717, 1.165) is 38.2 Å². The molecule has 3 heterocycles. The quantitative estimate of drug-likeness (QED) is 0.704. The highest BCUT2D eigenvalue weighted by molar-refractivity contribution is 5.83. The minimum Gasteiger partial charge on any atom is -0.353 e. The van der Waals surface area contributed by atoms with E-state index in [4.69, 9.17) is 0 Å². The molecule has 1 aromatic rings. The maximum absolute atomic E-state index is 12.3. The third-order valence-electron chi connectivity index (χ3n) is 5.73. The van der Waals surface area contributed by atoms with E-state index in [2.05, 4.69) is 20.5 Å². The van der Waals surface area contributed by atoms with Crippen molar-refractivity contribution in [2.24, 2.45) is 0 Å². The van der Waals surface area contributed by atoms with Crippen LogP contribution in [0.3, 0.4) is 0 Å². The predicted octanol–water partition coefficient (Wildman–Crippen LogP) is 0.761. The van der Waals surface area contributed by atoms with Crippen LogP contribution in [0.4, 0.5) is 0 Å². The number of amides is 2. The number of aromatic nitrogens is 1. The third kappa shape index (κ3) is 4.84. The minimum absolute atomic E-state index is 0.0893. The second kappa shape index (κ2) is 9.28. The second-order valence-electron chi connectivity index (χ2n) is 7.35. The van der Waals surface area contributed by atoms with Gasteiger partial charge in [-0.3, -0.25) is 19.5 Å². The molecular weight excluding hydrogens is 342 g/mol. The summed E-state index contributed by atoms with van der Waals surface area (Å²) in [5.74, 6) is 0.320. The first-order valence-electron chi connectivity index (χ1n) is 10.1. The van der Waals surface area contributed by atoms with Crippen molar-refractivity contribution in [3.05, 3.63) is 30.1 Å². The summed E-state index contributed by atoms with van der Waals surface area (Å²) in [5, 5.41) is 6.57. The summed E-state index contributed by atoms with van der Waals surface area (Å²) in [6.45, 7) is 7.71. The van der Waals surface area contributed by atoms with Gasteiger partial charge >= 0.3 is 0 Å². The van der Waals surface area contributed by atoms with Gasteiger partial charge in [-0.25, -0.2) is 0 Å². The molecule has 7 heteroatoms. The Bertz CT molecular complexity index is 635. The Hall–Kier alpha value is -1.99. The smallest absolute Gasteiger partial charge is 0.237 e. The summed E-state index contributed by atoms with van der Waals surface area (Å²) in [5.41, 5.74) is 1.01. The molecular formula is C20H31N5O2. The molecule has 2 fully saturated rings. The Labute approximate surface area is 161 Å². The fourth-order valence-electron chi connectivity index (χ4n) is 4.17. The summed E-state index contributed by atoms with van der Waals surface area (Å²) >= 11 is 0. The van der Waals surface area contributed by atoms with Gasteiger partial charge in [-0.05, 0) is 38.8 Å². The number of fused-ring (bicyclic) bond motifs is 1. The zero-order valence-corrected chi connectivity index (χ0v) is 16.4. The summed E-state index contributed by atoms with van der Waals surface area (Å²) < 4.78 is 0. The van der Waals surface area contributed by atoms with Crippen molar-refractivity contribution in [2.45, 2.75) is 57.8 Å². The lowest BCUT2D eigenvalue weighted by Gasteiger charge is -2.37. The van der Waals surface area contributed by atoms with Crippen LogP contribution in [-0.2, 0) is 16.1 Å². The summed E-state index contributed by atoms with van der Waals surface area (Å²) in [6, 6.07) is 6.31. The number of hydrogen-bond donors (Lipinski definition) is 2. The number of pyridine rings is 1. The van der Waals surface area contributed by atoms with Crippen molar-refractivity contribution in [3.63, 3.8) is 0 Å². The van der Waals surface area contributed by atoms with Crippen molar-refractivity contribution in [2.75, 3.05) is 26.2 Å². The molecule has 2 aliphatic rings. The molecule has 27 heavy (non-hydrogen) atoms. The monoisotopic (exact) mass is 373 g/mol. The molecule has 148 valence electrons. The van der Waals surface area contributed by atoms with Gasteiger partial charge in [-0.1, -0.05) is 6.07 Å². The minimum atomic E-state index is -0.0893. The standard InChI is InChI=1S/C20H31N5O2/c1-3-24(4-2)19(26)9-8-17-13-23-20(27)18-11-16(14-25(17)18)22-12-15-7-5-6-10-21-15/h5-7,10,16-18,22H,3-4,8-9,11-14H2,1-2H3,(H,23,27)/t16-,17-,18+/m0/s1. The largest absolute Gasteiger partial charge is 0.353 e. The molecule has 2 saturated heterocycles. The number of piperazine rings is 1. The Morgan fingerprint density at radius 2 is 2.19 bits per heavy atom. The number of nitrogens with one attached hydrogen (secondary N) is 2. The third-order valence-corrected chi connectivity index (χ3v) is 5.73. The van der Waals surface area contributed by atoms with E-state index >= 15 is 0 Å². The molecule has 2 aliphatic heterocycles. The first-order chi connectivity index (χ1) is 13.1. The number of rotatable bonds is 8. The molecule has 2 amide bonds. The fraction of sp³-hybridized carbons (Fsp3) is 0.650. The van der Waals surface area contributed by atoms with E-state index in [1.54, 1.807) is 6.20 Å². The molecule has 3 atom stereocenters. The van der Waals surface area contributed by atoms with E-state index < -0.39 is 0 Å². The van der Waals surface area contributed by atoms with E-state index in [0.29, 0.717) is 19.5 Å². The highest BCUT2D eigenvalue weighted by Gasteiger charge is 2.43. The van der Waals surface area contributed by atoms with Gasteiger partial charge in [0.05, 0.1) is 11.7 Å². The molecule has 0 bridgehead atoms. The molecule has 3 rings (SSSR count). The lowest BCUT2D eigenvalue weighted by Crippen LogP contribution is -2.58. The van der Waals surface area contributed by atoms with Crippen LogP contribution in [0.15, 0.2) is 24.4 Å². The molecule has 0 radical (unpaired) electrons. The number of hydrogen-bond acceptors (Lipinski definition) is 5. The van der Waals surface area contributed by atoms with Gasteiger partial charge in [0.15, 0.2) is 0 Å². The van der Waals surface area contributed by atoms with Gasteiger partial charge in [0.25, 0.3) is 0 Å². The molecule has 1 aromatic heterocycles. The lowest BCUT2D eigenvalue weighted by molar-refractivity contribution is -0.132. The van der Waals surface area contributed by atoms with Crippen LogP contribution in [0.2, 0.25) is 0 Å². The van der Waals surface area contributed by atoms with Crippen LogP contribution in [-0.4, -0.2) is 70.9 Å². The van der Waals surface area contributed by atoms with Crippen molar-refractivity contribution in [1.29, 1.82) is 0 Å². The Morgan fingerprint density at radius 1 is 1.37 bits per heavy atom. The van der Waals surface area contributed by atoms with Crippen molar-refractivity contribution in [3.8, 4) is 0 Å². The summed E-state index contributed by atoms with van der Waals surface area (Å²) in [4.78, 5) is 33.2. The number of nitrogens with zero attached hydrogens (tertiary/aromatic N) is 3. The van der Waals surface area contributed by atoms with Gasteiger partial charge in [0, 0.05) is 57.4 Å². The molecule has 0 spiro atoms. The van der Waals surface area contributed by atoms with Crippen molar-refractivity contribution >= 4 is 11.8 Å². The first kappa shape index (κ1) is 19.8. The maximum Gasteiger partial charge on any atom is 0.237 e. The van der Waals surface area contributed by atoms with Gasteiger partial charge < -0.3 is 15.5 Å². The van der Waals surface area contributed by atoms with Gasteiger partial charge in [0.2, 0.25) is 11.8 Å². The topological polar surface area (TPSA) is 77.6 Å². The predicted molar refractivity (Wildman–Crippen MR) is 104 cm³/mol. The Kier molecular flexibility index (Phi) is 6.79. The van der Waals surface area contributed by atoms with Crippen LogP contribution in [0.1, 0.15) is 38.8 Å². The molecule has 2 N–H and O–H groups in total. The molecule has 0 aliphatic carbocycles.